The number of benzene rings is 1. The molecule has 1 N–H and O–H groups in total. The molecule has 3 rings (SSSR count). The van der Waals surface area contributed by atoms with Gasteiger partial charge in [-0.1, -0.05) is 24.3 Å². The van der Waals surface area contributed by atoms with Gasteiger partial charge in [-0.2, -0.15) is 0 Å². The van der Waals surface area contributed by atoms with E-state index < -0.39 is 12.1 Å². The highest BCUT2D eigenvalue weighted by atomic mass is 16.5. The van der Waals surface area contributed by atoms with Gasteiger partial charge in [0.25, 0.3) is 0 Å². The van der Waals surface area contributed by atoms with Crippen molar-refractivity contribution in [2.45, 2.75) is 33.0 Å². The summed E-state index contributed by atoms with van der Waals surface area (Å²) in [6, 6.07) is 13.5. The summed E-state index contributed by atoms with van der Waals surface area (Å²) in [5, 5.41) is 9.07. The van der Waals surface area contributed by atoms with E-state index in [2.05, 4.69) is 14.3 Å². The number of hydrogen-bond acceptors (Lipinski definition) is 4. The van der Waals surface area contributed by atoms with Crippen LogP contribution in [0.15, 0.2) is 48.7 Å². The van der Waals surface area contributed by atoms with Crippen molar-refractivity contribution < 1.29 is 14.6 Å². The molecule has 0 spiro atoms. The fraction of sp³-hybridized carbons (Fsp3) is 0.300. The molecule has 2 aromatic heterocycles. The molecule has 1 aromatic carbocycles. The smallest absolute Gasteiger partial charge is 0.344 e. The fourth-order valence-electron chi connectivity index (χ4n) is 2.95. The molecule has 0 radical (unpaired) electrons. The molecule has 0 saturated heterocycles. The molecular formula is C20H23N3O3. The van der Waals surface area contributed by atoms with Crippen LogP contribution in [0.1, 0.15) is 23.9 Å². The van der Waals surface area contributed by atoms with E-state index in [4.69, 9.17) is 9.84 Å². The normalized spacial score (nSPS) is 12.5. The molecule has 6 nitrogen and oxygen atoms in total. The molecule has 1 atom stereocenters. The van der Waals surface area contributed by atoms with E-state index in [1.54, 1.807) is 0 Å². The molecule has 26 heavy (non-hydrogen) atoms. The molecule has 6 heteroatoms. The van der Waals surface area contributed by atoms with Crippen LogP contribution < -0.4 is 4.74 Å². The average Bonchev–Trinajstić information content (AvgIpc) is 2.92. The van der Waals surface area contributed by atoms with Crippen LogP contribution >= 0.6 is 0 Å². The first-order valence-corrected chi connectivity index (χ1v) is 8.54. The number of carbonyl (C=O) groups is 1. The standard InChI is InChI=1S/C20H23N3O3/c1-14-17(23-11-7-6-10-19(23)21-14)13-22(3)12-16-8-4-5-9-18(16)26-15(2)20(24)25/h4-11,15H,12-13H2,1-3H3,(H,24,25)/t15-/m1/s1. The Morgan fingerprint density at radius 2 is 1.96 bits per heavy atom. The van der Waals surface area contributed by atoms with E-state index in [-0.39, 0.29) is 0 Å². The zero-order valence-electron chi connectivity index (χ0n) is 15.2. The first-order chi connectivity index (χ1) is 12.5. The Bertz CT molecular complexity index is 920. The Kier molecular flexibility index (Phi) is 5.23. The van der Waals surface area contributed by atoms with Crippen LogP contribution in [0.5, 0.6) is 5.75 Å². The lowest BCUT2D eigenvalue weighted by Gasteiger charge is -2.20. The maximum Gasteiger partial charge on any atom is 0.344 e. The monoisotopic (exact) mass is 353 g/mol. The highest BCUT2D eigenvalue weighted by molar-refractivity contribution is 5.72. The molecule has 0 aliphatic rings. The third-order valence-corrected chi connectivity index (χ3v) is 4.31. The number of pyridine rings is 1. The summed E-state index contributed by atoms with van der Waals surface area (Å²) in [5.41, 5.74) is 4.04. The Balaban J connectivity index is 1.77. The predicted molar refractivity (Wildman–Crippen MR) is 99.3 cm³/mol. The van der Waals surface area contributed by atoms with E-state index in [1.165, 1.54) is 6.92 Å². The van der Waals surface area contributed by atoms with Crippen molar-refractivity contribution >= 4 is 11.6 Å². The second-order valence-corrected chi connectivity index (χ2v) is 6.45. The van der Waals surface area contributed by atoms with E-state index >= 15 is 0 Å². The average molecular weight is 353 g/mol. The SMILES string of the molecule is Cc1nc2ccccn2c1CN(C)Cc1ccccc1O[C@H](C)C(=O)O. The van der Waals surface area contributed by atoms with Gasteiger partial charge < -0.3 is 14.2 Å². The summed E-state index contributed by atoms with van der Waals surface area (Å²) >= 11 is 0. The van der Waals surface area contributed by atoms with E-state index in [9.17, 15) is 4.79 Å². The second kappa shape index (κ2) is 7.58. The predicted octanol–water partition coefficient (Wildman–Crippen LogP) is 3.13. The van der Waals surface area contributed by atoms with Crippen molar-refractivity contribution in [2.75, 3.05) is 7.05 Å². The summed E-state index contributed by atoms with van der Waals surface area (Å²) in [6.45, 7) is 4.91. The molecule has 0 amide bonds. The number of carboxylic acids is 1. The summed E-state index contributed by atoms with van der Waals surface area (Å²) < 4.78 is 7.69. The first kappa shape index (κ1) is 17.9. The molecule has 0 aliphatic heterocycles. The van der Waals surface area contributed by atoms with Gasteiger partial charge in [0.15, 0.2) is 6.10 Å². The minimum atomic E-state index is -0.977. The Labute approximate surface area is 152 Å². The van der Waals surface area contributed by atoms with Gasteiger partial charge in [0.2, 0.25) is 0 Å². The number of rotatable bonds is 7. The van der Waals surface area contributed by atoms with Gasteiger partial charge in [0.05, 0.1) is 11.4 Å². The zero-order chi connectivity index (χ0) is 18.7. The van der Waals surface area contributed by atoms with Crippen molar-refractivity contribution in [3.63, 3.8) is 0 Å². The van der Waals surface area contributed by atoms with Crippen LogP contribution in [0.2, 0.25) is 0 Å². The lowest BCUT2D eigenvalue weighted by molar-refractivity contribution is -0.144. The van der Waals surface area contributed by atoms with Crippen molar-refractivity contribution in [3.8, 4) is 5.75 Å². The van der Waals surface area contributed by atoms with Crippen LogP contribution in [0.3, 0.4) is 0 Å². The van der Waals surface area contributed by atoms with E-state index in [1.807, 2.05) is 62.6 Å². The van der Waals surface area contributed by atoms with Crippen LogP contribution in [-0.4, -0.2) is 38.5 Å². The molecule has 0 unspecified atom stereocenters. The van der Waals surface area contributed by atoms with Crippen LogP contribution in [0.4, 0.5) is 0 Å². The van der Waals surface area contributed by atoms with Crippen LogP contribution in [-0.2, 0) is 17.9 Å². The number of ether oxygens (including phenoxy) is 1. The van der Waals surface area contributed by atoms with Crippen molar-refractivity contribution in [1.82, 2.24) is 14.3 Å². The third kappa shape index (κ3) is 3.86. The molecule has 0 fully saturated rings. The number of aromatic nitrogens is 2. The molecule has 136 valence electrons. The number of aryl methyl sites for hydroxylation is 1. The Hall–Kier alpha value is -2.86. The van der Waals surface area contributed by atoms with E-state index in [0.29, 0.717) is 12.3 Å². The number of para-hydroxylation sites is 1. The lowest BCUT2D eigenvalue weighted by atomic mass is 10.2. The summed E-state index contributed by atoms with van der Waals surface area (Å²) in [5.74, 6) is -0.376. The lowest BCUT2D eigenvalue weighted by Crippen LogP contribution is -2.24. The molecule has 0 bridgehead atoms. The van der Waals surface area contributed by atoms with Crippen molar-refractivity contribution in [3.05, 3.63) is 65.6 Å². The third-order valence-electron chi connectivity index (χ3n) is 4.31. The van der Waals surface area contributed by atoms with Gasteiger partial charge in [0.1, 0.15) is 11.4 Å². The number of hydrogen-bond donors (Lipinski definition) is 1. The summed E-state index contributed by atoms with van der Waals surface area (Å²) in [6.07, 6.45) is 1.13. The van der Waals surface area contributed by atoms with Gasteiger partial charge >= 0.3 is 5.97 Å². The first-order valence-electron chi connectivity index (χ1n) is 8.54. The van der Waals surface area contributed by atoms with Gasteiger partial charge in [-0.05, 0) is 39.1 Å². The molecule has 0 aliphatic carbocycles. The van der Waals surface area contributed by atoms with Crippen molar-refractivity contribution in [1.29, 1.82) is 0 Å². The van der Waals surface area contributed by atoms with Gasteiger partial charge in [-0.3, -0.25) is 4.90 Å². The molecule has 2 heterocycles. The Morgan fingerprint density at radius 3 is 2.73 bits per heavy atom. The maximum absolute atomic E-state index is 11.1. The van der Waals surface area contributed by atoms with Crippen LogP contribution in [0.25, 0.3) is 5.65 Å². The second-order valence-electron chi connectivity index (χ2n) is 6.45. The molecular weight excluding hydrogens is 330 g/mol. The van der Waals surface area contributed by atoms with E-state index in [0.717, 1.165) is 29.1 Å². The summed E-state index contributed by atoms with van der Waals surface area (Å²) in [4.78, 5) is 17.8. The van der Waals surface area contributed by atoms with Gasteiger partial charge in [0, 0.05) is 24.8 Å². The van der Waals surface area contributed by atoms with Crippen LogP contribution in [0, 0.1) is 6.92 Å². The summed E-state index contributed by atoms with van der Waals surface area (Å²) in [7, 11) is 2.03. The fourth-order valence-corrected chi connectivity index (χ4v) is 2.95. The van der Waals surface area contributed by atoms with Gasteiger partial charge in [-0.25, -0.2) is 9.78 Å². The minimum absolute atomic E-state index is 0.601. The largest absolute Gasteiger partial charge is 0.479 e. The molecule has 0 saturated carbocycles. The number of carboxylic acid groups (broad SMARTS) is 1. The maximum atomic E-state index is 11.1. The number of nitrogens with zero attached hydrogens (tertiary/aromatic N) is 3. The Morgan fingerprint density at radius 1 is 1.23 bits per heavy atom. The minimum Gasteiger partial charge on any atom is -0.479 e. The van der Waals surface area contributed by atoms with Gasteiger partial charge in [-0.15, -0.1) is 0 Å². The topological polar surface area (TPSA) is 67.1 Å². The quantitative estimate of drug-likeness (QED) is 0.707. The molecule has 3 aromatic rings. The zero-order valence-corrected chi connectivity index (χ0v) is 15.2. The number of aliphatic carboxylic acids is 1. The van der Waals surface area contributed by atoms with Crippen molar-refractivity contribution in [2.24, 2.45) is 0 Å². The highest BCUT2D eigenvalue weighted by Crippen LogP contribution is 2.22. The number of imidazole rings is 1. The highest BCUT2D eigenvalue weighted by Gasteiger charge is 2.16. The number of fused-ring (bicyclic) bond motifs is 1.